The maximum absolute atomic E-state index is 11.8. The standard InChI is InChI=1S/C28H48O7/c1-6-7-12-19(2)17-23(31)15-16-24-25(27(18-26(24)32)35-22(5)30)13-10-8-9-11-14-28(33)34-21(4)20(3)29/h15-16,19-21,23-24,26,29,31-32H,6-14,17-18H2,1-5H3/b16-15+/t19-,20?,21?,23+,24?,26+/m0/s1. The van der Waals surface area contributed by atoms with Crippen LogP contribution in [0.25, 0.3) is 0 Å². The molecule has 6 atom stereocenters. The van der Waals surface area contributed by atoms with E-state index in [1.807, 2.05) is 6.08 Å². The second-order valence-electron chi connectivity index (χ2n) is 10.1. The second kappa shape index (κ2) is 16.9. The van der Waals surface area contributed by atoms with Crippen molar-refractivity contribution in [3.05, 3.63) is 23.5 Å². The van der Waals surface area contributed by atoms with Crippen molar-refractivity contribution in [1.82, 2.24) is 0 Å². The Labute approximate surface area is 211 Å². The van der Waals surface area contributed by atoms with E-state index in [9.17, 15) is 24.9 Å². The molecular formula is C28H48O7. The average molecular weight is 497 g/mol. The van der Waals surface area contributed by atoms with Gasteiger partial charge in [0.2, 0.25) is 0 Å². The molecule has 3 unspecified atom stereocenters. The van der Waals surface area contributed by atoms with Crippen LogP contribution < -0.4 is 0 Å². The van der Waals surface area contributed by atoms with Gasteiger partial charge in [-0.25, -0.2) is 0 Å². The summed E-state index contributed by atoms with van der Waals surface area (Å²) in [6, 6.07) is 0. The SMILES string of the molecule is CCCC[C@H](C)C[C@H](O)/C=C/C1C(CCCCCCC(=O)OC(C)C(C)O)=C(OC(C)=O)C[C@H]1O. The van der Waals surface area contributed by atoms with Crippen molar-refractivity contribution < 1.29 is 34.4 Å². The summed E-state index contributed by atoms with van der Waals surface area (Å²) < 4.78 is 10.6. The molecule has 0 saturated heterocycles. The first-order chi connectivity index (χ1) is 16.5. The summed E-state index contributed by atoms with van der Waals surface area (Å²) in [6.07, 6.45) is 9.85. The highest BCUT2D eigenvalue weighted by molar-refractivity contribution is 5.69. The zero-order chi connectivity index (χ0) is 26.4. The zero-order valence-electron chi connectivity index (χ0n) is 22.4. The number of unbranched alkanes of at least 4 members (excludes halogenated alkanes) is 4. The Kier molecular flexibility index (Phi) is 15.1. The molecular weight excluding hydrogens is 448 g/mol. The Bertz CT molecular complexity index is 697. The largest absolute Gasteiger partial charge is 0.460 e. The first-order valence-corrected chi connectivity index (χ1v) is 13.4. The highest BCUT2D eigenvalue weighted by atomic mass is 16.6. The van der Waals surface area contributed by atoms with Gasteiger partial charge in [-0.1, -0.05) is 58.1 Å². The Balaban J connectivity index is 2.59. The molecule has 0 amide bonds. The minimum absolute atomic E-state index is 0.276. The summed E-state index contributed by atoms with van der Waals surface area (Å²) in [5, 5.41) is 30.5. The molecule has 0 bridgehead atoms. The second-order valence-corrected chi connectivity index (χ2v) is 10.1. The molecule has 1 aliphatic carbocycles. The fraction of sp³-hybridized carbons (Fsp3) is 0.786. The molecule has 7 nitrogen and oxygen atoms in total. The van der Waals surface area contributed by atoms with Crippen LogP contribution in [0.5, 0.6) is 0 Å². The van der Waals surface area contributed by atoms with Crippen LogP contribution in [0.3, 0.4) is 0 Å². The van der Waals surface area contributed by atoms with Crippen molar-refractivity contribution in [1.29, 1.82) is 0 Å². The highest BCUT2D eigenvalue weighted by Crippen LogP contribution is 2.37. The molecule has 1 rings (SSSR count). The van der Waals surface area contributed by atoms with Crippen LogP contribution in [-0.2, 0) is 19.1 Å². The number of carbonyl (C=O) groups excluding carboxylic acids is 2. The molecule has 0 radical (unpaired) electrons. The van der Waals surface area contributed by atoms with Gasteiger partial charge in [-0.15, -0.1) is 0 Å². The molecule has 35 heavy (non-hydrogen) atoms. The maximum Gasteiger partial charge on any atom is 0.307 e. The number of aliphatic hydroxyl groups excluding tert-OH is 3. The molecule has 0 heterocycles. The van der Waals surface area contributed by atoms with Gasteiger partial charge in [-0.05, 0) is 51.0 Å². The molecule has 0 aromatic heterocycles. The fourth-order valence-corrected chi connectivity index (χ4v) is 4.41. The van der Waals surface area contributed by atoms with Crippen LogP contribution >= 0.6 is 0 Å². The number of rotatable bonds is 17. The van der Waals surface area contributed by atoms with E-state index < -0.39 is 30.4 Å². The van der Waals surface area contributed by atoms with Crippen LogP contribution in [0.1, 0.15) is 105 Å². The Hall–Kier alpha value is -1.70. The summed E-state index contributed by atoms with van der Waals surface area (Å²) in [5.41, 5.74) is 0.917. The van der Waals surface area contributed by atoms with Gasteiger partial charge in [0.1, 0.15) is 11.9 Å². The van der Waals surface area contributed by atoms with E-state index in [1.54, 1.807) is 19.9 Å². The lowest BCUT2D eigenvalue weighted by Crippen LogP contribution is -2.25. The Morgan fingerprint density at radius 1 is 1.09 bits per heavy atom. The van der Waals surface area contributed by atoms with Gasteiger partial charge in [-0.3, -0.25) is 9.59 Å². The van der Waals surface area contributed by atoms with Crippen LogP contribution in [0.15, 0.2) is 23.5 Å². The van der Waals surface area contributed by atoms with Crippen molar-refractivity contribution in [3.63, 3.8) is 0 Å². The maximum atomic E-state index is 11.8. The van der Waals surface area contributed by atoms with E-state index >= 15 is 0 Å². The topological polar surface area (TPSA) is 113 Å². The van der Waals surface area contributed by atoms with Crippen molar-refractivity contribution in [2.75, 3.05) is 0 Å². The molecule has 1 aliphatic rings. The number of ether oxygens (including phenoxy) is 2. The van der Waals surface area contributed by atoms with Crippen LogP contribution in [0, 0.1) is 11.8 Å². The normalized spacial score (nSPS) is 21.7. The van der Waals surface area contributed by atoms with E-state index in [4.69, 9.17) is 9.47 Å². The first-order valence-electron chi connectivity index (χ1n) is 13.4. The number of esters is 2. The Morgan fingerprint density at radius 2 is 1.77 bits per heavy atom. The van der Waals surface area contributed by atoms with Gasteiger partial charge >= 0.3 is 11.9 Å². The first kappa shape index (κ1) is 31.3. The monoisotopic (exact) mass is 496 g/mol. The van der Waals surface area contributed by atoms with Crippen molar-refractivity contribution in [2.24, 2.45) is 11.8 Å². The van der Waals surface area contributed by atoms with E-state index in [-0.39, 0.29) is 11.9 Å². The van der Waals surface area contributed by atoms with E-state index in [0.29, 0.717) is 43.8 Å². The molecule has 0 aromatic rings. The third-order valence-electron chi connectivity index (χ3n) is 6.65. The van der Waals surface area contributed by atoms with Gasteiger partial charge in [0.25, 0.3) is 0 Å². The fourth-order valence-electron chi connectivity index (χ4n) is 4.41. The number of aliphatic hydroxyl groups is 3. The smallest absolute Gasteiger partial charge is 0.307 e. The third kappa shape index (κ3) is 12.7. The quantitative estimate of drug-likeness (QED) is 0.148. The number of hydrogen-bond acceptors (Lipinski definition) is 7. The van der Waals surface area contributed by atoms with Gasteiger partial charge in [0, 0.05) is 25.7 Å². The summed E-state index contributed by atoms with van der Waals surface area (Å²) >= 11 is 0. The molecule has 0 spiro atoms. The van der Waals surface area contributed by atoms with Gasteiger partial charge in [-0.2, -0.15) is 0 Å². The van der Waals surface area contributed by atoms with E-state index in [2.05, 4.69) is 13.8 Å². The molecule has 0 aromatic carbocycles. The molecule has 0 aliphatic heterocycles. The van der Waals surface area contributed by atoms with Crippen LogP contribution in [0.2, 0.25) is 0 Å². The van der Waals surface area contributed by atoms with E-state index in [1.165, 1.54) is 6.92 Å². The minimum atomic E-state index is -0.687. The van der Waals surface area contributed by atoms with Crippen LogP contribution in [-0.4, -0.2) is 51.7 Å². The lowest BCUT2D eigenvalue weighted by molar-refractivity contribution is -0.153. The lowest BCUT2D eigenvalue weighted by Gasteiger charge is -2.17. The Morgan fingerprint density at radius 3 is 2.40 bits per heavy atom. The highest BCUT2D eigenvalue weighted by Gasteiger charge is 2.33. The van der Waals surface area contributed by atoms with Crippen molar-refractivity contribution >= 4 is 11.9 Å². The molecule has 0 saturated carbocycles. The number of hydrogen-bond donors (Lipinski definition) is 3. The van der Waals surface area contributed by atoms with E-state index in [0.717, 1.165) is 44.1 Å². The number of carbonyl (C=O) groups is 2. The summed E-state index contributed by atoms with van der Waals surface area (Å²) in [6.45, 7) is 8.93. The third-order valence-corrected chi connectivity index (χ3v) is 6.65. The molecule has 202 valence electrons. The molecule has 3 N–H and O–H groups in total. The van der Waals surface area contributed by atoms with Gasteiger partial charge < -0.3 is 24.8 Å². The summed E-state index contributed by atoms with van der Waals surface area (Å²) in [4.78, 5) is 23.4. The molecule has 7 heteroatoms. The zero-order valence-corrected chi connectivity index (χ0v) is 22.4. The summed E-state index contributed by atoms with van der Waals surface area (Å²) in [5.74, 6) is -0.000674. The van der Waals surface area contributed by atoms with Crippen molar-refractivity contribution in [3.8, 4) is 0 Å². The molecule has 0 fully saturated rings. The average Bonchev–Trinajstić information content (AvgIpc) is 3.06. The van der Waals surface area contributed by atoms with Gasteiger partial charge in [0.15, 0.2) is 0 Å². The lowest BCUT2D eigenvalue weighted by atomic mass is 9.92. The van der Waals surface area contributed by atoms with Crippen molar-refractivity contribution in [2.45, 2.75) is 130 Å². The van der Waals surface area contributed by atoms with Gasteiger partial charge in [0.05, 0.1) is 18.3 Å². The summed E-state index contributed by atoms with van der Waals surface area (Å²) in [7, 11) is 0. The minimum Gasteiger partial charge on any atom is -0.460 e. The van der Waals surface area contributed by atoms with Crippen LogP contribution in [0.4, 0.5) is 0 Å². The predicted octanol–water partition coefficient (Wildman–Crippen LogP) is 4.97. The predicted molar refractivity (Wildman–Crippen MR) is 136 cm³/mol.